The van der Waals surface area contributed by atoms with E-state index in [1.54, 1.807) is 4.90 Å². The molecule has 0 spiro atoms. The van der Waals surface area contributed by atoms with E-state index in [2.05, 4.69) is 0 Å². The first-order chi connectivity index (χ1) is 8.18. The van der Waals surface area contributed by atoms with Crippen LogP contribution in [0.3, 0.4) is 0 Å². The van der Waals surface area contributed by atoms with Gasteiger partial charge in [-0.15, -0.1) is 0 Å². The summed E-state index contributed by atoms with van der Waals surface area (Å²) in [5.41, 5.74) is 1.71. The minimum absolute atomic E-state index is 0.0203. The molecule has 3 atom stereocenters. The van der Waals surface area contributed by atoms with Crippen LogP contribution in [-0.4, -0.2) is 39.8 Å². The molecule has 2 unspecified atom stereocenters. The number of amides is 1. The van der Waals surface area contributed by atoms with Crippen LogP contribution in [0.25, 0.3) is 0 Å². The Labute approximate surface area is 99.5 Å². The van der Waals surface area contributed by atoms with Crippen LogP contribution < -0.4 is 0 Å². The number of hydrogen-bond donors (Lipinski definition) is 2. The summed E-state index contributed by atoms with van der Waals surface area (Å²) < 4.78 is 0. The number of benzene rings is 1. The first kappa shape index (κ1) is 10.7. The Morgan fingerprint density at radius 3 is 2.76 bits per heavy atom. The van der Waals surface area contributed by atoms with Gasteiger partial charge in [0.25, 0.3) is 5.91 Å². The molecule has 0 aromatic heterocycles. The van der Waals surface area contributed by atoms with Gasteiger partial charge in [-0.3, -0.25) is 4.79 Å². The van der Waals surface area contributed by atoms with Crippen molar-refractivity contribution < 1.29 is 15.0 Å². The highest BCUT2D eigenvalue weighted by Gasteiger charge is 2.40. The molecule has 0 saturated carbocycles. The molecule has 2 heterocycles. The average Bonchev–Trinajstić information content (AvgIpc) is 2.50. The van der Waals surface area contributed by atoms with E-state index in [1.165, 1.54) is 0 Å². The molecule has 2 N–H and O–H groups in total. The fraction of sp³-hybridized carbons (Fsp3) is 0.462. The van der Waals surface area contributed by atoms with E-state index in [9.17, 15) is 15.0 Å². The molecule has 4 nitrogen and oxygen atoms in total. The molecule has 90 valence electrons. The lowest BCUT2D eigenvalue weighted by Gasteiger charge is -2.22. The van der Waals surface area contributed by atoms with E-state index in [0.29, 0.717) is 19.4 Å². The zero-order valence-electron chi connectivity index (χ0n) is 9.41. The Kier molecular flexibility index (Phi) is 2.42. The molecular weight excluding hydrogens is 218 g/mol. The highest BCUT2D eigenvalue weighted by molar-refractivity contribution is 5.99. The lowest BCUT2D eigenvalue weighted by Crippen LogP contribution is -2.28. The molecule has 0 bridgehead atoms. The maximum absolute atomic E-state index is 12.2. The standard InChI is InChI=1S/C13H15NO3/c15-11-5-6-14-10(7-12(11)16)8-3-1-2-4-9(8)13(14)17/h1-4,10-12,15-16H,5-7H2/t10-,11?,12?/m0/s1. The minimum atomic E-state index is -0.746. The number of fused-ring (bicyclic) bond motifs is 3. The fourth-order valence-corrected chi connectivity index (χ4v) is 2.81. The van der Waals surface area contributed by atoms with E-state index < -0.39 is 12.2 Å². The Hall–Kier alpha value is -1.39. The topological polar surface area (TPSA) is 60.8 Å². The molecule has 2 aliphatic heterocycles. The van der Waals surface area contributed by atoms with Crippen LogP contribution in [0.2, 0.25) is 0 Å². The zero-order valence-corrected chi connectivity index (χ0v) is 9.41. The van der Waals surface area contributed by atoms with Gasteiger partial charge in [-0.05, 0) is 18.1 Å². The van der Waals surface area contributed by atoms with Crippen molar-refractivity contribution in [1.82, 2.24) is 4.90 Å². The van der Waals surface area contributed by atoms with E-state index in [4.69, 9.17) is 0 Å². The van der Waals surface area contributed by atoms with E-state index >= 15 is 0 Å². The summed E-state index contributed by atoms with van der Waals surface area (Å²) in [4.78, 5) is 13.9. The first-order valence-electron chi connectivity index (χ1n) is 5.94. The summed E-state index contributed by atoms with van der Waals surface area (Å²) in [6.45, 7) is 0.510. The van der Waals surface area contributed by atoms with Crippen LogP contribution in [0.4, 0.5) is 0 Å². The van der Waals surface area contributed by atoms with E-state index in [0.717, 1.165) is 11.1 Å². The number of rotatable bonds is 0. The van der Waals surface area contributed by atoms with Gasteiger partial charge in [0, 0.05) is 18.5 Å². The molecular formula is C13H15NO3. The van der Waals surface area contributed by atoms with Crippen LogP contribution in [0.5, 0.6) is 0 Å². The van der Waals surface area contributed by atoms with Crippen LogP contribution in [0, 0.1) is 0 Å². The summed E-state index contributed by atoms with van der Waals surface area (Å²) >= 11 is 0. The lowest BCUT2D eigenvalue weighted by atomic mass is 9.98. The largest absolute Gasteiger partial charge is 0.390 e. The van der Waals surface area contributed by atoms with Gasteiger partial charge in [0.2, 0.25) is 0 Å². The van der Waals surface area contributed by atoms with E-state index in [1.807, 2.05) is 24.3 Å². The minimum Gasteiger partial charge on any atom is -0.390 e. The van der Waals surface area contributed by atoms with Crippen molar-refractivity contribution in [3.8, 4) is 0 Å². The quantitative estimate of drug-likeness (QED) is 0.693. The summed E-state index contributed by atoms with van der Waals surface area (Å²) in [5, 5.41) is 19.5. The predicted octanol–water partition coefficient (Wildman–Crippen LogP) is 0.699. The summed E-state index contributed by atoms with van der Waals surface area (Å²) in [6.07, 6.45) is -0.606. The van der Waals surface area contributed by atoms with Crippen LogP contribution in [-0.2, 0) is 0 Å². The van der Waals surface area contributed by atoms with Crippen LogP contribution >= 0.6 is 0 Å². The number of aliphatic hydroxyl groups is 2. The molecule has 17 heavy (non-hydrogen) atoms. The van der Waals surface area contributed by atoms with Gasteiger partial charge in [-0.25, -0.2) is 0 Å². The lowest BCUT2D eigenvalue weighted by molar-refractivity contribution is 0.0146. The van der Waals surface area contributed by atoms with Crippen molar-refractivity contribution in [2.45, 2.75) is 31.1 Å². The van der Waals surface area contributed by atoms with Gasteiger partial charge in [0.15, 0.2) is 0 Å². The van der Waals surface area contributed by atoms with E-state index in [-0.39, 0.29) is 11.9 Å². The summed E-state index contributed by atoms with van der Waals surface area (Å²) in [6, 6.07) is 7.44. The van der Waals surface area contributed by atoms with Crippen LogP contribution in [0.1, 0.15) is 34.8 Å². The third-order valence-electron chi connectivity index (χ3n) is 3.76. The normalized spacial score (nSPS) is 32.0. The van der Waals surface area contributed by atoms with Gasteiger partial charge < -0.3 is 15.1 Å². The molecule has 4 heteroatoms. The van der Waals surface area contributed by atoms with Crippen molar-refractivity contribution in [2.24, 2.45) is 0 Å². The van der Waals surface area contributed by atoms with Crippen molar-refractivity contribution in [3.63, 3.8) is 0 Å². The summed E-state index contributed by atoms with van der Waals surface area (Å²) in [7, 11) is 0. The number of carbonyl (C=O) groups is 1. The van der Waals surface area contributed by atoms with Gasteiger partial charge >= 0.3 is 0 Å². The maximum Gasteiger partial charge on any atom is 0.254 e. The van der Waals surface area contributed by atoms with Crippen molar-refractivity contribution in [1.29, 1.82) is 0 Å². The molecule has 2 aliphatic rings. The molecule has 1 aromatic rings. The first-order valence-corrected chi connectivity index (χ1v) is 5.94. The monoisotopic (exact) mass is 233 g/mol. The summed E-state index contributed by atoms with van der Waals surface area (Å²) in [5.74, 6) is 0.0203. The molecule has 0 aliphatic carbocycles. The Morgan fingerprint density at radius 2 is 1.94 bits per heavy atom. The van der Waals surface area contributed by atoms with Gasteiger partial charge in [0.1, 0.15) is 0 Å². The fourth-order valence-electron chi connectivity index (χ4n) is 2.81. The number of carbonyl (C=O) groups excluding carboxylic acids is 1. The van der Waals surface area contributed by atoms with Gasteiger partial charge in [-0.1, -0.05) is 18.2 Å². The smallest absolute Gasteiger partial charge is 0.254 e. The second kappa shape index (κ2) is 3.82. The number of aliphatic hydroxyl groups excluding tert-OH is 2. The zero-order chi connectivity index (χ0) is 12.0. The van der Waals surface area contributed by atoms with Gasteiger partial charge in [-0.2, -0.15) is 0 Å². The molecule has 0 radical (unpaired) electrons. The van der Waals surface area contributed by atoms with Crippen LogP contribution in [0.15, 0.2) is 24.3 Å². The predicted molar refractivity (Wildman–Crippen MR) is 61.5 cm³/mol. The third kappa shape index (κ3) is 1.56. The third-order valence-corrected chi connectivity index (χ3v) is 3.76. The second-order valence-corrected chi connectivity index (χ2v) is 4.76. The van der Waals surface area contributed by atoms with Crippen molar-refractivity contribution >= 4 is 5.91 Å². The number of nitrogens with zero attached hydrogens (tertiary/aromatic N) is 1. The highest BCUT2D eigenvalue weighted by Crippen LogP contribution is 2.38. The molecule has 1 amide bonds. The average molecular weight is 233 g/mol. The Morgan fingerprint density at radius 1 is 1.18 bits per heavy atom. The second-order valence-electron chi connectivity index (χ2n) is 4.76. The molecule has 1 aromatic carbocycles. The SMILES string of the molecule is O=C1c2ccccc2[C@@H]2CC(O)C(O)CCN12. The van der Waals surface area contributed by atoms with Crippen molar-refractivity contribution in [3.05, 3.63) is 35.4 Å². The molecule has 1 saturated heterocycles. The molecule has 3 rings (SSSR count). The Balaban J connectivity index is 2.01. The maximum atomic E-state index is 12.2. The Bertz CT molecular complexity index is 460. The molecule has 1 fully saturated rings. The highest BCUT2D eigenvalue weighted by atomic mass is 16.3. The van der Waals surface area contributed by atoms with Crippen molar-refractivity contribution in [2.75, 3.05) is 6.54 Å². The van der Waals surface area contributed by atoms with Gasteiger partial charge in [0.05, 0.1) is 18.2 Å². The number of hydrogen-bond acceptors (Lipinski definition) is 3.